The highest BCUT2D eigenvalue weighted by atomic mass is 16.5. The van der Waals surface area contributed by atoms with Crippen LogP contribution < -0.4 is 10.6 Å². The summed E-state index contributed by atoms with van der Waals surface area (Å²) in [5, 5.41) is 5.89. The molecule has 0 aliphatic heterocycles. The largest absolute Gasteiger partial charge is 0.383 e. The quantitative estimate of drug-likeness (QED) is 0.754. The van der Waals surface area contributed by atoms with Crippen LogP contribution in [0.25, 0.3) is 0 Å². The Balaban J connectivity index is 1.91. The summed E-state index contributed by atoms with van der Waals surface area (Å²) in [5.41, 5.74) is 1.37. The minimum absolute atomic E-state index is 0.226. The van der Waals surface area contributed by atoms with Gasteiger partial charge in [-0.3, -0.25) is 4.79 Å². The Morgan fingerprint density at radius 3 is 2.81 bits per heavy atom. The normalized spacial score (nSPS) is 10.1. The van der Waals surface area contributed by atoms with Crippen LogP contribution in [0.5, 0.6) is 0 Å². The number of methoxy groups -OCH3 is 1. The molecule has 2 aromatic rings. The van der Waals surface area contributed by atoms with Gasteiger partial charge in [-0.1, -0.05) is 30.3 Å². The number of ether oxygens (including phenoxy) is 1. The van der Waals surface area contributed by atoms with Crippen molar-refractivity contribution >= 4 is 11.7 Å². The molecular formula is C15H18N4O2. The number of hydrogen-bond donors (Lipinski definition) is 2. The molecule has 0 spiro atoms. The summed E-state index contributed by atoms with van der Waals surface area (Å²) in [7, 11) is 1.63. The zero-order valence-electron chi connectivity index (χ0n) is 11.9. The molecule has 1 amide bonds. The van der Waals surface area contributed by atoms with Crippen molar-refractivity contribution < 1.29 is 9.53 Å². The summed E-state index contributed by atoms with van der Waals surface area (Å²) >= 11 is 0. The number of aromatic nitrogens is 2. The van der Waals surface area contributed by atoms with E-state index in [1.54, 1.807) is 13.2 Å². The maximum atomic E-state index is 12.0. The Kier molecular flexibility index (Phi) is 5.66. The van der Waals surface area contributed by atoms with E-state index in [1.807, 2.05) is 30.3 Å². The van der Waals surface area contributed by atoms with E-state index in [4.69, 9.17) is 4.74 Å². The summed E-state index contributed by atoms with van der Waals surface area (Å²) in [6, 6.07) is 11.3. The fourth-order valence-corrected chi connectivity index (χ4v) is 1.73. The lowest BCUT2D eigenvalue weighted by molar-refractivity contribution is 0.0946. The number of nitrogens with one attached hydrogen (secondary N) is 2. The van der Waals surface area contributed by atoms with Crippen LogP contribution in [0.2, 0.25) is 0 Å². The molecule has 2 rings (SSSR count). The number of benzene rings is 1. The first-order chi connectivity index (χ1) is 10.3. The van der Waals surface area contributed by atoms with Crippen molar-refractivity contribution in [2.45, 2.75) is 6.54 Å². The summed E-state index contributed by atoms with van der Waals surface area (Å²) in [6.07, 6.45) is 1.37. The van der Waals surface area contributed by atoms with Gasteiger partial charge in [0.1, 0.15) is 17.8 Å². The van der Waals surface area contributed by atoms with Crippen LogP contribution in [0, 0.1) is 0 Å². The van der Waals surface area contributed by atoms with E-state index in [-0.39, 0.29) is 5.91 Å². The Morgan fingerprint density at radius 1 is 1.24 bits per heavy atom. The van der Waals surface area contributed by atoms with Crippen LogP contribution >= 0.6 is 0 Å². The molecular weight excluding hydrogens is 268 g/mol. The first-order valence-corrected chi connectivity index (χ1v) is 6.66. The van der Waals surface area contributed by atoms with Gasteiger partial charge in [0.05, 0.1) is 6.61 Å². The molecule has 0 radical (unpaired) electrons. The summed E-state index contributed by atoms with van der Waals surface area (Å²) < 4.78 is 4.94. The molecule has 21 heavy (non-hydrogen) atoms. The van der Waals surface area contributed by atoms with E-state index in [2.05, 4.69) is 20.6 Å². The Hall–Kier alpha value is -2.47. The van der Waals surface area contributed by atoms with Gasteiger partial charge in [-0.2, -0.15) is 0 Å². The van der Waals surface area contributed by atoms with Crippen LogP contribution in [0.15, 0.2) is 42.7 Å². The minimum Gasteiger partial charge on any atom is -0.383 e. The number of amides is 1. The van der Waals surface area contributed by atoms with Crippen molar-refractivity contribution in [2.24, 2.45) is 0 Å². The van der Waals surface area contributed by atoms with Gasteiger partial charge in [0.15, 0.2) is 0 Å². The maximum absolute atomic E-state index is 12.0. The number of carbonyl (C=O) groups is 1. The predicted molar refractivity (Wildman–Crippen MR) is 80.0 cm³/mol. The van der Waals surface area contributed by atoms with E-state index in [1.165, 1.54) is 6.33 Å². The van der Waals surface area contributed by atoms with Gasteiger partial charge in [-0.25, -0.2) is 9.97 Å². The molecule has 110 valence electrons. The number of hydrogen-bond acceptors (Lipinski definition) is 5. The number of anilines is 1. The lowest BCUT2D eigenvalue weighted by Gasteiger charge is -2.07. The molecule has 0 fully saturated rings. The molecule has 1 heterocycles. The highest BCUT2D eigenvalue weighted by Crippen LogP contribution is 2.04. The third-order valence-electron chi connectivity index (χ3n) is 2.81. The fourth-order valence-electron chi connectivity index (χ4n) is 1.73. The van der Waals surface area contributed by atoms with E-state index in [0.717, 1.165) is 5.56 Å². The van der Waals surface area contributed by atoms with E-state index in [0.29, 0.717) is 31.2 Å². The van der Waals surface area contributed by atoms with Crippen LogP contribution in [0.4, 0.5) is 5.82 Å². The van der Waals surface area contributed by atoms with Crippen molar-refractivity contribution in [1.29, 1.82) is 0 Å². The smallest absolute Gasteiger partial charge is 0.270 e. The molecule has 0 aliphatic rings. The van der Waals surface area contributed by atoms with E-state index < -0.39 is 0 Å². The zero-order chi connectivity index (χ0) is 14.9. The van der Waals surface area contributed by atoms with Crippen LogP contribution in [0.3, 0.4) is 0 Å². The second kappa shape index (κ2) is 7.96. The first-order valence-electron chi connectivity index (χ1n) is 6.66. The lowest BCUT2D eigenvalue weighted by atomic mass is 10.2. The summed E-state index contributed by atoms with van der Waals surface area (Å²) in [4.78, 5) is 20.1. The topological polar surface area (TPSA) is 76.1 Å². The van der Waals surface area contributed by atoms with Gasteiger partial charge in [0.25, 0.3) is 5.91 Å². The SMILES string of the molecule is COCCNc1cc(C(=O)NCc2ccccc2)ncn1. The second-order valence-electron chi connectivity index (χ2n) is 4.38. The Morgan fingerprint density at radius 2 is 2.05 bits per heavy atom. The standard InChI is InChI=1S/C15H18N4O2/c1-21-8-7-16-14-9-13(18-11-19-14)15(20)17-10-12-5-3-2-4-6-12/h2-6,9,11H,7-8,10H2,1H3,(H,17,20)(H,16,18,19). The van der Waals surface area contributed by atoms with E-state index >= 15 is 0 Å². The number of nitrogens with zero attached hydrogens (tertiary/aromatic N) is 2. The maximum Gasteiger partial charge on any atom is 0.270 e. The number of rotatable bonds is 7. The zero-order valence-corrected chi connectivity index (χ0v) is 11.9. The average molecular weight is 286 g/mol. The Labute approximate surface area is 123 Å². The van der Waals surface area contributed by atoms with Gasteiger partial charge in [0.2, 0.25) is 0 Å². The molecule has 0 saturated heterocycles. The highest BCUT2D eigenvalue weighted by Gasteiger charge is 2.08. The van der Waals surface area contributed by atoms with Crippen molar-refractivity contribution in [2.75, 3.05) is 25.6 Å². The van der Waals surface area contributed by atoms with Gasteiger partial charge < -0.3 is 15.4 Å². The van der Waals surface area contributed by atoms with Crippen molar-refractivity contribution in [1.82, 2.24) is 15.3 Å². The molecule has 6 heteroatoms. The summed E-state index contributed by atoms with van der Waals surface area (Å²) in [6.45, 7) is 1.66. The van der Waals surface area contributed by atoms with Gasteiger partial charge >= 0.3 is 0 Å². The molecule has 6 nitrogen and oxygen atoms in total. The minimum atomic E-state index is -0.226. The monoisotopic (exact) mass is 286 g/mol. The molecule has 0 unspecified atom stereocenters. The van der Waals surface area contributed by atoms with Crippen molar-refractivity contribution in [3.05, 3.63) is 54.0 Å². The van der Waals surface area contributed by atoms with Gasteiger partial charge in [0, 0.05) is 26.3 Å². The van der Waals surface area contributed by atoms with Crippen LogP contribution in [-0.2, 0) is 11.3 Å². The molecule has 1 aromatic carbocycles. The molecule has 2 N–H and O–H groups in total. The second-order valence-corrected chi connectivity index (χ2v) is 4.38. The van der Waals surface area contributed by atoms with Crippen LogP contribution in [0.1, 0.15) is 16.1 Å². The van der Waals surface area contributed by atoms with Crippen molar-refractivity contribution in [3.63, 3.8) is 0 Å². The number of carbonyl (C=O) groups excluding carboxylic acids is 1. The molecule has 0 aliphatic carbocycles. The fraction of sp³-hybridized carbons (Fsp3) is 0.267. The highest BCUT2D eigenvalue weighted by molar-refractivity contribution is 5.92. The lowest BCUT2D eigenvalue weighted by Crippen LogP contribution is -2.24. The van der Waals surface area contributed by atoms with Crippen LogP contribution in [-0.4, -0.2) is 36.1 Å². The third kappa shape index (κ3) is 4.85. The van der Waals surface area contributed by atoms with Gasteiger partial charge in [-0.15, -0.1) is 0 Å². The molecule has 0 saturated carbocycles. The average Bonchev–Trinajstić information content (AvgIpc) is 2.54. The molecule has 1 aromatic heterocycles. The third-order valence-corrected chi connectivity index (χ3v) is 2.81. The molecule has 0 bridgehead atoms. The predicted octanol–water partition coefficient (Wildman–Crippen LogP) is 1.46. The molecule has 0 atom stereocenters. The van der Waals surface area contributed by atoms with Crippen molar-refractivity contribution in [3.8, 4) is 0 Å². The van der Waals surface area contributed by atoms with E-state index in [9.17, 15) is 4.79 Å². The summed E-state index contributed by atoms with van der Waals surface area (Å²) in [5.74, 6) is 0.378. The first kappa shape index (κ1) is 14.9. The van der Waals surface area contributed by atoms with Gasteiger partial charge in [-0.05, 0) is 5.56 Å². The Bertz CT molecular complexity index is 575.